The highest BCUT2D eigenvalue weighted by Crippen LogP contribution is 2.11. The minimum atomic E-state index is -0.604. The first kappa shape index (κ1) is 16.7. The molecule has 0 spiro atoms. The van der Waals surface area contributed by atoms with Crippen molar-refractivity contribution >= 4 is 5.91 Å². The summed E-state index contributed by atoms with van der Waals surface area (Å²) in [5.74, 6) is 0.428. The van der Waals surface area contributed by atoms with Crippen LogP contribution in [0.25, 0.3) is 0 Å². The number of hydrogen-bond donors (Lipinski definition) is 2. The van der Waals surface area contributed by atoms with Crippen molar-refractivity contribution in [3.63, 3.8) is 0 Å². The van der Waals surface area contributed by atoms with Crippen LogP contribution in [0.1, 0.15) is 31.9 Å². The average molecular weight is 277 g/mol. The van der Waals surface area contributed by atoms with Gasteiger partial charge >= 0.3 is 0 Å². The summed E-state index contributed by atoms with van der Waals surface area (Å²) in [6.07, 6.45) is 0.950. The van der Waals surface area contributed by atoms with E-state index in [0.29, 0.717) is 5.92 Å². The maximum absolute atomic E-state index is 12.3. The number of benzene rings is 1. The predicted molar refractivity (Wildman–Crippen MR) is 83.3 cm³/mol. The fourth-order valence-electron chi connectivity index (χ4n) is 2.29. The summed E-state index contributed by atoms with van der Waals surface area (Å²) in [7, 11) is 4.02. The summed E-state index contributed by atoms with van der Waals surface area (Å²) >= 11 is 0. The fourth-order valence-corrected chi connectivity index (χ4v) is 2.29. The van der Waals surface area contributed by atoms with Crippen LogP contribution in [0.4, 0.5) is 0 Å². The van der Waals surface area contributed by atoms with E-state index in [1.54, 1.807) is 0 Å². The zero-order valence-corrected chi connectivity index (χ0v) is 13.0. The van der Waals surface area contributed by atoms with Gasteiger partial charge in [-0.05, 0) is 32.0 Å². The molecule has 0 saturated carbocycles. The van der Waals surface area contributed by atoms with Crippen LogP contribution in [-0.4, -0.2) is 37.5 Å². The van der Waals surface area contributed by atoms with Crippen molar-refractivity contribution in [1.82, 2.24) is 10.2 Å². The van der Waals surface area contributed by atoms with E-state index in [0.717, 1.165) is 18.5 Å². The molecule has 112 valence electrons. The largest absolute Gasteiger partial charge is 0.350 e. The Morgan fingerprint density at radius 2 is 1.85 bits per heavy atom. The molecule has 1 aromatic carbocycles. The van der Waals surface area contributed by atoms with Gasteiger partial charge in [0.15, 0.2) is 0 Å². The molecule has 0 aromatic heterocycles. The average Bonchev–Trinajstić information content (AvgIpc) is 2.37. The minimum Gasteiger partial charge on any atom is -0.350 e. The quantitative estimate of drug-likeness (QED) is 0.798. The van der Waals surface area contributed by atoms with E-state index < -0.39 is 6.04 Å². The van der Waals surface area contributed by atoms with Gasteiger partial charge in [-0.25, -0.2) is 0 Å². The topological polar surface area (TPSA) is 58.4 Å². The minimum absolute atomic E-state index is 0.108. The van der Waals surface area contributed by atoms with E-state index in [9.17, 15) is 4.79 Å². The number of nitrogens with one attached hydrogen (secondary N) is 1. The van der Waals surface area contributed by atoms with Crippen LogP contribution in [0.15, 0.2) is 30.3 Å². The lowest BCUT2D eigenvalue weighted by atomic mass is 10.0. The van der Waals surface area contributed by atoms with E-state index >= 15 is 0 Å². The number of carbonyl (C=O) groups excluding carboxylic acids is 1. The summed E-state index contributed by atoms with van der Waals surface area (Å²) in [5.41, 5.74) is 6.87. The van der Waals surface area contributed by atoms with Crippen molar-refractivity contribution < 1.29 is 4.79 Å². The Morgan fingerprint density at radius 1 is 1.25 bits per heavy atom. The van der Waals surface area contributed by atoms with Gasteiger partial charge in [0.1, 0.15) is 6.04 Å². The molecule has 20 heavy (non-hydrogen) atoms. The molecule has 0 bridgehead atoms. The molecule has 4 heteroatoms. The van der Waals surface area contributed by atoms with Crippen LogP contribution in [0.2, 0.25) is 0 Å². The molecule has 0 aliphatic carbocycles. The monoisotopic (exact) mass is 277 g/mol. The molecule has 1 rings (SSSR count). The number of nitrogens with zero attached hydrogens (tertiary/aromatic N) is 1. The van der Waals surface area contributed by atoms with Gasteiger partial charge in [0.2, 0.25) is 5.91 Å². The first-order valence-electron chi connectivity index (χ1n) is 7.15. The molecule has 0 aliphatic heterocycles. The van der Waals surface area contributed by atoms with Crippen LogP contribution in [0, 0.1) is 5.92 Å². The van der Waals surface area contributed by atoms with Crippen molar-refractivity contribution in [2.24, 2.45) is 11.7 Å². The highest BCUT2D eigenvalue weighted by molar-refractivity contribution is 5.83. The number of nitrogens with two attached hydrogens (primary N) is 1. The summed E-state index contributed by atoms with van der Waals surface area (Å²) < 4.78 is 0. The molecule has 0 radical (unpaired) electrons. The Bertz CT molecular complexity index is 393. The molecule has 4 nitrogen and oxygen atoms in total. The van der Waals surface area contributed by atoms with Crippen molar-refractivity contribution in [2.45, 2.75) is 32.4 Å². The highest BCUT2D eigenvalue weighted by Gasteiger charge is 2.20. The van der Waals surface area contributed by atoms with Gasteiger partial charge in [-0.2, -0.15) is 0 Å². The Labute approximate surface area is 122 Å². The van der Waals surface area contributed by atoms with E-state index in [4.69, 9.17) is 5.73 Å². The Hall–Kier alpha value is -1.39. The number of likely N-dealkylation sites (N-methyl/N-ethyl adjacent to an activating group) is 1. The van der Waals surface area contributed by atoms with Gasteiger partial charge < -0.3 is 16.0 Å². The second-order valence-corrected chi connectivity index (χ2v) is 5.99. The molecule has 0 aliphatic rings. The van der Waals surface area contributed by atoms with E-state index in [2.05, 4.69) is 24.1 Å². The molecule has 1 unspecified atom stereocenters. The van der Waals surface area contributed by atoms with Gasteiger partial charge in [-0.3, -0.25) is 4.79 Å². The predicted octanol–water partition coefficient (Wildman–Crippen LogP) is 1.78. The number of hydrogen-bond acceptors (Lipinski definition) is 3. The molecular weight excluding hydrogens is 250 g/mol. The summed E-state index contributed by atoms with van der Waals surface area (Å²) in [4.78, 5) is 14.3. The van der Waals surface area contributed by atoms with Gasteiger partial charge in [0.05, 0.1) is 0 Å². The van der Waals surface area contributed by atoms with Crippen molar-refractivity contribution in [3.05, 3.63) is 35.9 Å². The molecule has 3 N–H and O–H groups in total. The van der Waals surface area contributed by atoms with Gasteiger partial charge in [-0.15, -0.1) is 0 Å². The first-order chi connectivity index (χ1) is 9.40. The smallest absolute Gasteiger partial charge is 0.241 e. The fraction of sp³-hybridized carbons (Fsp3) is 0.562. The Morgan fingerprint density at radius 3 is 2.35 bits per heavy atom. The molecular formula is C16H27N3O. The molecule has 0 heterocycles. The van der Waals surface area contributed by atoms with Crippen LogP contribution in [-0.2, 0) is 4.79 Å². The normalized spacial score (nSPS) is 14.3. The lowest BCUT2D eigenvalue weighted by molar-refractivity contribution is -0.123. The zero-order chi connectivity index (χ0) is 15.1. The summed E-state index contributed by atoms with van der Waals surface area (Å²) in [5, 5.41) is 3.07. The van der Waals surface area contributed by atoms with Gasteiger partial charge in [-0.1, -0.05) is 44.2 Å². The van der Waals surface area contributed by atoms with Crippen LogP contribution >= 0.6 is 0 Å². The van der Waals surface area contributed by atoms with E-state index in [1.807, 2.05) is 44.4 Å². The van der Waals surface area contributed by atoms with Gasteiger partial charge in [0.25, 0.3) is 0 Å². The number of rotatable bonds is 7. The maximum atomic E-state index is 12.3. The van der Waals surface area contributed by atoms with E-state index in [1.165, 1.54) is 0 Å². The third kappa shape index (κ3) is 5.72. The SMILES string of the molecule is CC(C)CC(CN(C)C)NC(=O)[C@@H](N)c1ccccc1. The van der Waals surface area contributed by atoms with Crippen LogP contribution in [0.5, 0.6) is 0 Å². The van der Waals surface area contributed by atoms with E-state index in [-0.39, 0.29) is 11.9 Å². The maximum Gasteiger partial charge on any atom is 0.241 e. The second-order valence-electron chi connectivity index (χ2n) is 5.99. The number of carbonyl (C=O) groups is 1. The lowest BCUT2D eigenvalue weighted by Crippen LogP contribution is -2.46. The van der Waals surface area contributed by atoms with Crippen LogP contribution in [0.3, 0.4) is 0 Å². The third-order valence-corrected chi connectivity index (χ3v) is 3.13. The lowest BCUT2D eigenvalue weighted by Gasteiger charge is -2.25. The van der Waals surface area contributed by atoms with Crippen LogP contribution < -0.4 is 11.1 Å². The zero-order valence-electron chi connectivity index (χ0n) is 13.0. The summed E-state index contributed by atoms with van der Waals surface area (Å²) in [6.45, 7) is 5.14. The number of amides is 1. The molecule has 0 fully saturated rings. The van der Waals surface area contributed by atoms with Crippen molar-refractivity contribution in [1.29, 1.82) is 0 Å². The van der Waals surface area contributed by atoms with Gasteiger partial charge in [0, 0.05) is 12.6 Å². The Kier molecular flexibility index (Phi) is 6.68. The Balaban J connectivity index is 2.65. The molecule has 2 atom stereocenters. The highest BCUT2D eigenvalue weighted by atomic mass is 16.2. The van der Waals surface area contributed by atoms with Crippen molar-refractivity contribution in [3.8, 4) is 0 Å². The molecule has 1 amide bonds. The molecule has 1 aromatic rings. The first-order valence-corrected chi connectivity index (χ1v) is 7.15. The molecule has 0 saturated heterocycles. The standard InChI is InChI=1S/C16H27N3O/c1-12(2)10-14(11-19(3)4)18-16(20)15(17)13-8-6-5-7-9-13/h5-9,12,14-15H,10-11,17H2,1-4H3,(H,18,20)/t14?,15-/m0/s1. The summed E-state index contributed by atoms with van der Waals surface area (Å²) in [6, 6.07) is 9.01. The second kappa shape index (κ2) is 8.02. The third-order valence-electron chi connectivity index (χ3n) is 3.13. The van der Waals surface area contributed by atoms with Crippen molar-refractivity contribution in [2.75, 3.05) is 20.6 Å².